The van der Waals surface area contributed by atoms with Crippen LogP contribution >= 0.6 is 11.3 Å². The van der Waals surface area contributed by atoms with E-state index in [0.717, 1.165) is 17.5 Å². The first-order chi connectivity index (χ1) is 18.4. The summed E-state index contributed by atoms with van der Waals surface area (Å²) in [6.07, 6.45) is 4.93. The summed E-state index contributed by atoms with van der Waals surface area (Å²) < 4.78 is 13.4. The van der Waals surface area contributed by atoms with Crippen molar-refractivity contribution in [1.82, 2.24) is 4.57 Å². The topological polar surface area (TPSA) is 69.9 Å². The number of benzene rings is 2. The molecule has 0 spiro atoms. The molecule has 0 radical (unpaired) electrons. The van der Waals surface area contributed by atoms with Crippen LogP contribution in [0.1, 0.15) is 69.2 Å². The minimum absolute atomic E-state index is 0.206. The van der Waals surface area contributed by atoms with Gasteiger partial charge in [0.25, 0.3) is 5.56 Å². The highest BCUT2D eigenvalue weighted by Crippen LogP contribution is 2.33. The fourth-order valence-corrected chi connectivity index (χ4v) is 5.53. The van der Waals surface area contributed by atoms with Crippen molar-refractivity contribution < 1.29 is 14.3 Å². The van der Waals surface area contributed by atoms with E-state index >= 15 is 0 Å². The molecule has 0 aliphatic carbocycles. The first-order valence-electron chi connectivity index (χ1n) is 13.0. The first-order valence-corrected chi connectivity index (χ1v) is 13.9. The minimum Gasteiger partial charge on any atom is -0.489 e. The van der Waals surface area contributed by atoms with Gasteiger partial charge < -0.3 is 9.47 Å². The maximum atomic E-state index is 13.9. The molecule has 0 saturated carbocycles. The van der Waals surface area contributed by atoms with Crippen molar-refractivity contribution in [2.24, 2.45) is 4.99 Å². The number of thiazole rings is 1. The summed E-state index contributed by atoms with van der Waals surface area (Å²) in [5, 5.41) is 0. The molecule has 2 aromatic carbocycles. The number of nitrogens with zero attached hydrogens (tertiary/aromatic N) is 2. The fourth-order valence-electron chi connectivity index (χ4n) is 4.52. The summed E-state index contributed by atoms with van der Waals surface area (Å²) in [5.41, 5.74) is 3.72. The second-order valence-corrected chi connectivity index (χ2v) is 10.4. The van der Waals surface area contributed by atoms with Crippen molar-refractivity contribution in [3.05, 3.63) is 109 Å². The Hall–Kier alpha value is -3.71. The van der Waals surface area contributed by atoms with Crippen LogP contribution in [0.25, 0.3) is 6.08 Å². The number of para-hydroxylation sites is 1. The molecule has 3 aromatic rings. The van der Waals surface area contributed by atoms with Gasteiger partial charge in [-0.25, -0.2) is 9.79 Å². The number of hydrogen-bond acceptors (Lipinski definition) is 6. The van der Waals surface area contributed by atoms with Crippen molar-refractivity contribution in [3.63, 3.8) is 0 Å². The van der Waals surface area contributed by atoms with Crippen LogP contribution in [0.15, 0.2) is 82.2 Å². The number of rotatable bonds is 10. The molecule has 6 nitrogen and oxygen atoms in total. The molecule has 1 aliphatic rings. The van der Waals surface area contributed by atoms with Gasteiger partial charge in [-0.2, -0.15) is 0 Å². The van der Waals surface area contributed by atoms with Crippen LogP contribution in [0.3, 0.4) is 0 Å². The number of hydrogen-bond donors (Lipinski definition) is 0. The molecule has 0 N–H and O–H groups in total. The zero-order chi connectivity index (χ0) is 27.2. The molecule has 2 heterocycles. The van der Waals surface area contributed by atoms with Crippen molar-refractivity contribution in [1.29, 1.82) is 0 Å². The Morgan fingerprint density at radius 2 is 1.89 bits per heavy atom. The summed E-state index contributed by atoms with van der Waals surface area (Å²) in [6.45, 7) is 12.4. The van der Waals surface area contributed by atoms with Gasteiger partial charge in [0.05, 0.1) is 28.5 Å². The van der Waals surface area contributed by atoms with E-state index in [4.69, 9.17) is 14.5 Å². The standard InChI is InChI=1S/C31H34N2O4S/c1-6-11-24-27(30(35)36-8-3)28(22-16-14-21(15-17-22)20(4)5)33-29(34)26(38-31(33)32-24)19-23-12-9-10-13-25(23)37-18-7-2/h7,9-10,12-17,19-20,28H,2,6,8,11,18H2,1,3-5H3/b26-19+/t28-/m0/s1. The Morgan fingerprint density at radius 1 is 1.16 bits per heavy atom. The van der Waals surface area contributed by atoms with Crippen LogP contribution in [-0.4, -0.2) is 23.8 Å². The molecule has 1 aliphatic heterocycles. The predicted molar refractivity (Wildman–Crippen MR) is 152 cm³/mol. The zero-order valence-electron chi connectivity index (χ0n) is 22.4. The Morgan fingerprint density at radius 3 is 2.55 bits per heavy atom. The minimum atomic E-state index is -0.623. The SMILES string of the molecule is C=CCOc1ccccc1/C=c1/sc2n(c1=O)[C@@H](c1ccc(C(C)C)cc1)C(C(=O)OCC)=C(CCC)N=2. The lowest BCUT2D eigenvalue weighted by molar-refractivity contribution is -0.139. The highest BCUT2D eigenvalue weighted by molar-refractivity contribution is 7.07. The molecular formula is C31H34N2O4S. The smallest absolute Gasteiger partial charge is 0.338 e. The molecule has 0 bridgehead atoms. The van der Waals surface area contributed by atoms with E-state index in [-0.39, 0.29) is 12.2 Å². The number of ether oxygens (including phenoxy) is 2. The van der Waals surface area contributed by atoms with E-state index in [2.05, 4.69) is 32.6 Å². The third kappa shape index (κ3) is 5.58. The Kier molecular flexibility index (Phi) is 8.79. The van der Waals surface area contributed by atoms with Gasteiger partial charge in [0, 0.05) is 5.56 Å². The third-order valence-corrected chi connectivity index (χ3v) is 7.36. The van der Waals surface area contributed by atoms with E-state index in [1.165, 1.54) is 16.9 Å². The molecule has 1 atom stereocenters. The van der Waals surface area contributed by atoms with E-state index in [1.54, 1.807) is 17.6 Å². The van der Waals surface area contributed by atoms with E-state index in [9.17, 15) is 9.59 Å². The van der Waals surface area contributed by atoms with Crippen LogP contribution in [0.2, 0.25) is 0 Å². The molecule has 198 valence electrons. The van der Waals surface area contributed by atoms with Crippen molar-refractivity contribution in [2.75, 3.05) is 13.2 Å². The van der Waals surface area contributed by atoms with Crippen LogP contribution in [0.4, 0.5) is 0 Å². The van der Waals surface area contributed by atoms with E-state index in [1.807, 2.05) is 49.4 Å². The van der Waals surface area contributed by atoms with Crippen LogP contribution < -0.4 is 19.6 Å². The normalized spacial score (nSPS) is 15.3. The third-order valence-electron chi connectivity index (χ3n) is 6.37. The zero-order valence-corrected chi connectivity index (χ0v) is 23.2. The average molecular weight is 531 g/mol. The van der Waals surface area contributed by atoms with Gasteiger partial charge in [0.2, 0.25) is 0 Å². The van der Waals surface area contributed by atoms with Gasteiger partial charge in [0.15, 0.2) is 4.80 Å². The molecule has 1 aromatic heterocycles. The van der Waals surface area contributed by atoms with Gasteiger partial charge in [0.1, 0.15) is 12.4 Å². The Bertz CT molecular complexity index is 1530. The second-order valence-electron chi connectivity index (χ2n) is 9.37. The van der Waals surface area contributed by atoms with Crippen LogP contribution in [0.5, 0.6) is 5.75 Å². The van der Waals surface area contributed by atoms with Gasteiger partial charge in [-0.05, 0) is 42.5 Å². The molecule has 38 heavy (non-hydrogen) atoms. The molecule has 0 unspecified atom stereocenters. The molecule has 7 heteroatoms. The summed E-state index contributed by atoms with van der Waals surface area (Å²) in [6, 6.07) is 15.1. The fraction of sp³-hybridized carbons (Fsp3) is 0.323. The van der Waals surface area contributed by atoms with Gasteiger partial charge in [-0.1, -0.05) is 93.6 Å². The summed E-state index contributed by atoms with van der Waals surface area (Å²) >= 11 is 1.32. The van der Waals surface area contributed by atoms with E-state index in [0.29, 0.717) is 45.3 Å². The molecular weight excluding hydrogens is 496 g/mol. The molecule has 0 fully saturated rings. The number of esters is 1. The lowest BCUT2D eigenvalue weighted by atomic mass is 9.92. The number of carbonyl (C=O) groups is 1. The van der Waals surface area contributed by atoms with Gasteiger partial charge >= 0.3 is 5.97 Å². The second kappa shape index (κ2) is 12.2. The summed E-state index contributed by atoms with van der Waals surface area (Å²) in [4.78, 5) is 32.7. The number of aromatic nitrogens is 1. The van der Waals surface area contributed by atoms with Crippen molar-refractivity contribution in [3.8, 4) is 5.75 Å². The highest BCUT2D eigenvalue weighted by atomic mass is 32.1. The largest absolute Gasteiger partial charge is 0.489 e. The average Bonchev–Trinajstić information content (AvgIpc) is 3.22. The first kappa shape index (κ1) is 27.3. The predicted octanol–water partition coefficient (Wildman–Crippen LogP) is 5.27. The Balaban J connectivity index is 1.96. The number of allylic oxidation sites excluding steroid dienone is 1. The lowest BCUT2D eigenvalue weighted by Gasteiger charge is -2.26. The maximum absolute atomic E-state index is 13.9. The molecule has 4 rings (SSSR count). The van der Waals surface area contributed by atoms with Gasteiger partial charge in [-0.3, -0.25) is 9.36 Å². The quantitative estimate of drug-likeness (QED) is 0.265. The maximum Gasteiger partial charge on any atom is 0.338 e. The monoisotopic (exact) mass is 530 g/mol. The number of fused-ring (bicyclic) bond motifs is 1. The lowest BCUT2D eigenvalue weighted by Crippen LogP contribution is -2.40. The summed E-state index contributed by atoms with van der Waals surface area (Å²) in [7, 11) is 0. The molecule has 0 amide bonds. The molecule has 0 saturated heterocycles. The van der Waals surface area contributed by atoms with Crippen molar-refractivity contribution in [2.45, 2.75) is 52.5 Å². The Labute approximate surface area is 227 Å². The van der Waals surface area contributed by atoms with Crippen LogP contribution in [0, 0.1) is 0 Å². The highest BCUT2D eigenvalue weighted by Gasteiger charge is 2.34. The summed E-state index contributed by atoms with van der Waals surface area (Å²) in [5.74, 6) is 0.596. The van der Waals surface area contributed by atoms with Crippen molar-refractivity contribution >= 4 is 23.4 Å². The van der Waals surface area contributed by atoms with Crippen LogP contribution in [-0.2, 0) is 9.53 Å². The van der Waals surface area contributed by atoms with Gasteiger partial charge in [-0.15, -0.1) is 0 Å². The number of carbonyl (C=O) groups excluding carboxylic acids is 1. The van der Waals surface area contributed by atoms with E-state index < -0.39 is 12.0 Å².